The second-order valence-corrected chi connectivity index (χ2v) is 5.20. The van der Waals surface area contributed by atoms with Crippen molar-refractivity contribution in [2.75, 3.05) is 47.6 Å². The van der Waals surface area contributed by atoms with Gasteiger partial charge in [0.05, 0.1) is 19.8 Å². The Morgan fingerprint density at radius 1 is 1.14 bits per heavy atom. The van der Waals surface area contributed by atoms with Crippen molar-refractivity contribution in [1.29, 1.82) is 0 Å². The number of likely N-dealkylation sites (tertiary alicyclic amines) is 1. The van der Waals surface area contributed by atoms with E-state index in [0.29, 0.717) is 12.6 Å². The quantitative estimate of drug-likeness (QED) is 0.731. The van der Waals surface area contributed by atoms with Crippen LogP contribution in [0.1, 0.15) is 6.42 Å². The third-order valence-corrected chi connectivity index (χ3v) is 3.89. The molecular formula is C16H25NO4. The third-order valence-electron chi connectivity index (χ3n) is 3.89. The maximum Gasteiger partial charge on any atom is 0.161 e. The van der Waals surface area contributed by atoms with E-state index in [1.807, 2.05) is 24.3 Å². The fourth-order valence-corrected chi connectivity index (χ4v) is 2.76. The molecule has 1 aliphatic rings. The first kappa shape index (κ1) is 16.1. The maximum atomic E-state index is 5.84. The van der Waals surface area contributed by atoms with Crippen LogP contribution in [-0.2, 0) is 9.47 Å². The molecule has 118 valence electrons. The van der Waals surface area contributed by atoms with Crippen molar-refractivity contribution in [1.82, 2.24) is 4.90 Å². The van der Waals surface area contributed by atoms with Gasteiger partial charge in [-0.15, -0.1) is 0 Å². The van der Waals surface area contributed by atoms with Gasteiger partial charge in [0.15, 0.2) is 11.5 Å². The molecule has 1 fully saturated rings. The van der Waals surface area contributed by atoms with Crippen molar-refractivity contribution in [3.05, 3.63) is 24.3 Å². The number of methoxy groups -OCH3 is 3. The first-order valence-electron chi connectivity index (χ1n) is 7.30. The zero-order valence-corrected chi connectivity index (χ0v) is 13.1. The predicted molar refractivity (Wildman–Crippen MR) is 81.1 cm³/mol. The molecule has 5 heteroatoms. The van der Waals surface area contributed by atoms with Crippen molar-refractivity contribution >= 4 is 0 Å². The molecule has 0 spiro atoms. The van der Waals surface area contributed by atoms with E-state index in [1.165, 1.54) is 0 Å². The lowest BCUT2D eigenvalue weighted by atomic mass is 10.2. The largest absolute Gasteiger partial charge is 0.493 e. The summed E-state index contributed by atoms with van der Waals surface area (Å²) in [5.74, 6) is 1.55. The first-order valence-corrected chi connectivity index (χ1v) is 7.30. The van der Waals surface area contributed by atoms with Crippen molar-refractivity contribution in [3.8, 4) is 11.5 Å². The van der Waals surface area contributed by atoms with E-state index in [4.69, 9.17) is 18.9 Å². The molecule has 1 aliphatic heterocycles. The summed E-state index contributed by atoms with van der Waals surface area (Å²) >= 11 is 0. The minimum absolute atomic E-state index is 0.288. The normalized spacial score (nSPS) is 22.4. The lowest BCUT2D eigenvalue weighted by molar-refractivity contribution is 0.100. The van der Waals surface area contributed by atoms with Crippen LogP contribution >= 0.6 is 0 Å². The Hall–Kier alpha value is -1.30. The van der Waals surface area contributed by atoms with Gasteiger partial charge in [-0.1, -0.05) is 12.1 Å². The molecule has 0 radical (unpaired) electrons. The molecule has 1 aromatic carbocycles. The fourth-order valence-electron chi connectivity index (χ4n) is 2.76. The Kier molecular flexibility index (Phi) is 6.29. The molecule has 1 aromatic rings. The van der Waals surface area contributed by atoms with Gasteiger partial charge in [0.25, 0.3) is 0 Å². The Balaban J connectivity index is 1.84. The van der Waals surface area contributed by atoms with Crippen LogP contribution in [0.15, 0.2) is 24.3 Å². The lowest BCUT2D eigenvalue weighted by Crippen LogP contribution is -2.36. The molecule has 5 nitrogen and oxygen atoms in total. The van der Waals surface area contributed by atoms with Gasteiger partial charge >= 0.3 is 0 Å². The van der Waals surface area contributed by atoms with Crippen LogP contribution in [0.2, 0.25) is 0 Å². The molecule has 0 saturated carbocycles. The number of para-hydroxylation sites is 2. The summed E-state index contributed by atoms with van der Waals surface area (Å²) in [5, 5.41) is 0. The summed E-state index contributed by atoms with van der Waals surface area (Å²) in [7, 11) is 5.16. The number of ether oxygens (including phenoxy) is 4. The standard InChI is InChI=1S/C16H25NO4/c1-18-12-13-10-14(19-2)11-17(13)8-9-21-16-7-5-4-6-15(16)20-3/h4-7,13-14H,8-12H2,1-3H3/t13-,14+/m0/s1. The molecule has 0 aromatic heterocycles. The highest BCUT2D eigenvalue weighted by Gasteiger charge is 2.31. The predicted octanol–water partition coefficient (Wildman–Crippen LogP) is 1.81. The topological polar surface area (TPSA) is 40.2 Å². The smallest absolute Gasteiger partial charge is 0.161 e. The van der Waals surface area contributed by atoms with Crippen LogP contribution in [0.5, 0.6) is 11.5 Å². The summed E-state index contributed by atoms with van der Waals surface area (Å²) in [5.41, 5.74) is 0. The highest BCUT2D eigenvalue weighted by atomic mass is 16.5. The van der Waals surface area contributed by atoms with Crippen molar-refractivity contribution in [2.24, 2.45) is 0 Å². The van der Waals surface area contributed by atoms with E-state index in [-0.39, 0.29) is 6.10 Å². The van der Waals surface area contributed by atoms with Gasteiger partial charge in [0, 0.05) is 33.4 Å². The molecule has 0 bridgehead atoms. The zero-order chi connectivity index (χ0) is 15.1. The summed E-state index contributed by atoms with van der Waals surface area (Å²) in [4.78, 5) is 2.37. The fraction of sp³-hybridized carbons (Fsp3) is 0.625. The van der Waals surface area contributed by atoms with Gasteiger partial charge in [-0.2, -0.15) is 0 Å². The lowest BCUT2D eigenvalue weighted by Gasteiger charge is -2.23. The molecule has 21 heavy (non-hydrogen) atoms. The third kappa shape index (κ3) is 4.33. The van der Waals surface area contributed by atoms with Crippen molar-refractivity contribution in [2.45, 2.75) is 18.6 Å². The number of hydrogen-bond donors (Lipinski definition) is 0. The van der Waals surface area contributed by atoms with Gasteiger partial charge in [-0.3, -0.25) is 4.90 Å². The minimum atomic E-state index is 0.288. The van der Waals surface area contributed by atoms with Crippen LogP contribution in [0, 0.1) is 0 Å². The second-order valence-electron chi connectivity index (χ2n) is 5.20. The highest BCUT2D eigenvalue weighted by Crippen LogP contribution is 2.26. The molecule has 2 atom stereocenters. The van der Waals surface area contributed by atoms with E-state index in [1.54, 1.807) is 21.3 Å². The van der Waals surface area contributed by atoms with Crippen molar-refractivity contribution in [3.63, 3.8) is 0 Å². The van der Waals surface area contributed by atoms with E-state index in [0.717, 1.165) is 37.6 Å². The van der Waals surface area contributed by atoms with Crippen LogP contribution in [0.4, 0.5) is 0 Å². The minimum Gasteiger partial charge on any atom is -0.493 e. The number of rotatable bonds is 8. The van der Waals surface area contributed by atoms with Gasteiger partial charge in [-0.05, 0) is 18.6 Å². The molecule has 0 amide bonds. The molecule has 1 heterocycles. The van der Waals surface area contributed by atoms with Crippen LogP contribution < -0.4 is 9.47 Å². The van der Waals surface area contributed by atoms with Gasteiger partial charge in [0.1, 0.15) is 6.61 Å². The highest BCUT2D eigenvalue weighted by molar-refractivity contribution is 5.39. The van der Waals surface area contributed by atoms with Crippen molar-refractivity contribution < 1.29 is 18.9 Å². The van der Waals surface area contributed by atoms with E-state index >= 15 is 0 Å². The summed E-state index contributed by atoms with van der Waals surface area (Å²) < 4.78 is 21.9. The monoisotopic (exact) mass is 295 g/mol. The van der Waals surface area contributed by atoms with E-state index < -0.39 is 0 Å². The molecule has 0 aliphatic carbocycles. The summed E-state index contributed by atoms with van der Waals surface area (Å²) in [6.45, 7) is 3.14. The SMILES string of the molecule is COC[C@@H]1C[C@@H](OC)CN1CCOc1ccccc1OC. The summed E-state index contributed by atoms with van der Waals surface area (Å²) in [6.07, 6.45) is 1.30. The number of hydrogen-bond acceptors (Lipinski definition) is 5. The molecule has 0 N–H and O–H groups in total. The van der Waals surface area contributed by atoms with E-state index in [9.17, 15) is 0 Å². The molecule has 2 rings (SSSR count). The average Bonchev–Trinajstić information content (AvgIpc) is 2.90. The van der Waals surface area contributed by atoms with Gasteiger partial charge in [-0.25, -0.2) is 0 Å². The first-order chi connectivity index (χ1) is 10.3. The zero-order valence-electron chi connectivity index (χ0n) is 13.1. The van der Waals surface area contributed by atoms with Crippen LogP contribution in [0.3, 0.4) is 0 Å². The average molecular weight is 295 g/mol. The van der Waals surface area contributed by atoms with Gasteiger partial charge < -0.3 is 18.9 Å². The van der Waals surface area contributed by atoms with Crippen LogP contribution in [-0.4, -0.2) is 64.7 Å². The summed E-state index contributed by atoms with van der Waals surface area (Å²) in [6, 6.07) is 8.11. The Morgan fingerprint density at radius 3 is 2.57 bits per heavy atom. The second kappa shape index (κ2) is 8.22. The maximum absolute atomic E-state index is 5.84. The number of nitrogens with zero attached hydrogens (tertiary/aromatic N) is 1. The van der Waals surface area contributed by atoms with Gasteiger partial charge in [0.2, 0.25) is 0 Å². The molecule has 0 unspecified atom stereocenters. The van der Waals surface area contributed by atoms with E-state index in [2.05, 4.69) is 4.90 Å². The molecular weight excluding hydrogens is 270 g/mol. The van der Waals surface area contributed by atoms with Crippen LogP contribution in [0.25, 0.3) is 0 Å². The Bertz CT molecular complexity index is 426. The molecule has 1 saturated heterocycles. The Morgan fingerprint density at radius 2 is 1.90 bits per heavy atom. The number of benzene rings is 1. The Labute approximate surface area is 126 Å².